The maximum atomic E-state index is 12.9. The second-order valence-corrected chi connectivity index (χ2v) is 6.63. The highest BCUT2D eigenvalue weighted by Crippen LogP contribution is 2.15. The van der Waals surface area contributed by atoms with E-state index in [1.165, 1.54) is 30.3 Å². The zero-order valence-electron chi connectivity index (χ0n) is 16.3. The van der Waals surface area contributed by atoms with Crippen LogP contribution in [-0.2, 0) is 0 Å². The minimum atomic E-state index is -0.993. The van der Waals surface area contributed by atoms with Crippen molar-refractivity contribution in [1.82, 2.24) is 5.32 Å². The summed E-state index contributed by atoms with van der Waals surface area (Å²) in [6, 6.07) is 19.6. The van der Waals surface area contributed by atoms with Crippen LogP contribution in [0.15, 0.2) is 72.8 Å². The molecule has 3 amide bonds. The molecule has 0 radical (unpaired) electrons. The first kappa shape index (κ1) is 21.5. The van der Waals surface area contributed by atoms with Gasteiger partial charge in [-0.3, -0.25) is 4.79 Å². The number of anilines is 2. The molecule has 3 aromatic rings. The van der Waals surface area contributed by atoms with Gasteiger partial charge in [0.05, 0.1) is 17.7 Å². The number of carbonyl (C=O) groups is 2. The maximum absolute atomic E-state index is 12.9. The molecule has 0 aromatic heterocycles. The minimum absolute atomic E-state index is 0.0765. The molecule has 0 bridgehead atoms. The molecule has 1 unspecified atom stereocenters. The fourth-order valence-electron chi connectivity index (χ4n) is 2.78. The van der Waals surface area contributed by atoms with Crippen LogP contribution in [0.25, 0.3) is 0 Å². The molecule has 8 heteroatoms. The van der Waals surface area contributed by atoms with Gasteiger partial charge in [0.1, 0.15) is 5.82 Å². The van der Waals surface area contributed by atoms with Gasteiger partial charge in [0.25, 0.3) is 5.91 Å². The SMILES string of the molecule is N#Cc1cccc(NC(=O)c2cccc(NC(=O)NCC(O)c3ccc(F)cc3)c2)c1. The van der Waals surface area contributed by atoms with Crippen LogP contribution in [0.1, 0.15) is 27.6 Å². The molecule has 0 saturated heterocycles. The van der Waals surface area contributed by atoms with Gasteiger partial charge >= 0.3 is 6.03 Å². The van der Waals surface area contributed by atoms with E-state index in [4.69, 9.17) is 5.26 Å². The number of hydrogen-bond donors (Lipinski definition) is 4. The largest absolute Gasteiger partial charge is 0.387 e. The number of benzene rings is 3. The molecule has 0 aliphatic heterocycles. The fourth-order valence-corrected chi connectivity index (χ4v) is 2.78. The average molecular weight is 418 g/mol. The van der Waals surface area contributed by atoms with Crippen LogP contribution in [0.2, 0.25) is 0 Å². The van der Waals surface area contributed by atoms with E-state index in [1.54, 1.807) is 42.5 Å². The number of aliphatic hydroxyl groups is 1. The third-order valence-corrected chi connectivity index (χ3v) is 4.34. The van der Waals surface area contributed by atoms with E-state index < -0.39 is 23.9 Å². The van der Waals surface area contributed by atoms with Crippen molar-refractivity contribution in [3.63, 3.8) is 0 Å². The Labute approximate surface area is 178 Å². The smallest absolute Gasteiger partial charge is 0.319 e. The zero-order chi connectivity index (χ0) is 22.2. The van der Waals surface area contributed by atoms with Crippen LogP contribution in [-0.4, -0.2) is 23.6 Å². The first-order valence-electron chi connectivity index (χ1n) is 9.34. The summed E-state index contributed by atoms with van der Waals surface area (Å²) in [5, 5.41) is 26.8. The van der Waals surface area contributed by atoms with Crippen molar-refractivity contribution < 1.29 is 19.1 Å². The third-order valence-electron chi connectivity index (χ3n) is 4.34. The standard InChI is InChI=1S/C23H19FN4O3/c24-18-9-7-16(8-10-18)21(29)14-26-23(31)28-20-6-2-4-17(12-20)22(30)27-19-5-1-3-15(11-19)13-25/h1-12,21,29H,14H2,(H,27,30)(H2,26,28,31). The lowest BCUT2D eigenvalue weighted by Gasteiger charge is -2.13. The summed E-state index contributed by atoms with van der Waals surface area (Å²) >= 11 is 0. The molecular weight excluding hydrogens is 399 g/mol. The van der Waals surface area contributed by atoms with Crippen LogP contribution < -0.4 is 16.0 Å². The summed E-state index contributed by atoms with van der Waals surface area (Å²) in [6.07, 6.45) is -0.993. The fraction of sp³-hybridized carbons (Fsp3) is 0.0870. The van der Waals surface area contributed by atoms with Crippen LogP contribution in [0.4, 0.5) is 20.6 Å². The number of urea groups is 1. The number of carbonyl (C=O) groups excluding carboxylic acids is 2. The van der Waals surface area contributed by atoms with E-state index in [-0.39, 0.29) is 6.54 Å². The number of amides is 3. The Bertz CT molecular complexity index is 1130. The van der Waals surface area contributed by atoms with Crippen molar-refractivity contribution in [2.24, 2.45) is 0 Å². The lowest BCUT2D eigenvalue weighted by Crippen LogP contribution is -2.32. The number of nitrogens with one attached hydrogen (secondary N) is 3. The van der Waals surface area contributed by atoms with E-state index in [1.807, 2.05) is 6.07 Å². The second kappa shape index (κ2) is 10.0. The van der Waals surface area contributed by atoms with Crippen LogP contribution in [0.3, 0.4) is 0 Å². The van der Waals surface area contributed by atoms with Crippen molar-refractivity contribution in [3.05, 3.63) is 95.3 Å². The normalized spacial score (nSPS) is 11.1. The van der Waals surface area contributed by atoms with Crippen molar-refractivity contribution in [1.29, 1.82) is 5.26 Å². The van der Waals surface area contributed by atoms with Crippen molar-refractivity contribution in [2.45, 2.75) is 6.10 Å². The molecule has 0 heterocycles. The predicted octanol–water partition coefficient (Wildman–Crippen LogP) is 3.80. The molecular formula is C23H19FN4O3. The summed E-state index contributed by atoms with van der Waals surface area (Å²) in [6.45, 7) is -0.0765. The Hall–Kier alpha value is -4.22. The predicted molar refractivity (Wildman–Crippen MR) is 114 cm³/mol. The number of nitriles is 1. The quantitative estimate of drug-likeness (QED) is 0.487. The molecule has 156 valence electrons. The summed E-state index contributed by atoms with van der Waals surface area (Å²) < 4.78 is 12.9. The summed E-state index contributed by atoms with van der Waals surface area (Å²) in [7, 11) is 0. The maximum Gasteiger partial charge on any atom is 0.319 e. The number of aliphatic hydroxyl groups excluding tert-OH is 1. The molecule has 0 aliphatic rings. The Morgan fingerprint density at radius 2 is 1.65 bits per heavy atom. The number of nitrogens with zero attached hydrogens (tertiary/aromatic N) is 1. The molecule has 0 saturated carbocycles. The molecule has 0 fully saturated rings. The van der Waals surface area contributed by atoms with E-state index in [0.717, 1.165) is 0 Å². The summed E-state index contributed by atoms with van der Waals surface area (Å²) in [5.74, 6) is -0.811. The lowest BCUT2D eigenvalue weighted by atomic mass is 10.1. The van der Waals surface area contributed by atoms with Gasteiger partial charge in [0.2, 0.25) is 0 Å². The molecule has 0 spiro atoms. The molecule has 4 N–H and O–H groups in total. The van der Waals surface area contributed by atoms with Crippen LogP contribution in [0, 0.1) is 17.1 Å². The molecule has 7 nitrogen and oxygen atoms in total. The van der Waals surface area contributed by atoms with Crippen molar-refractivity contribution in [3.8, 4) is 6.07 Å². The van der Waals surface area contributed by atoms with Gasteiger partial charge in [0, 0.05) is 23.5 Å². The molecule has 0 aliphatic carbocycles. The topological polar surface area (TPSA) is 114 Å². The molecule has 3 rings (SSSR count). The highest BCUT2D eigenvalue weighted by Gasteiger charge is 2.11. The van der Waals surface area contributed by atoms with Gasteiger partial charge in [-0.25, -0.2) is 9.18 Å². The van der Waals surface area contributed by atoms with Gasteiger partial charge in [-0.1, -0.05) is 24.3 Å². The molecule has 3 aromatic carbocycles. The zero-order valence-corrected chi connectivity index (χ0v) is 16.3. The Balaban J connectivity index is 1.56. The Morgan fingerprint density at radius 1 is 0.968 bits per heavy atom. The Kier molecular flexibility index (Phi) is 6.93. The van der Waals surface area contributed by atoms with Crippen LogP contribution >= 0.6 is 0 Å². The van der Waals surface area contributed by atoms with Gasteiger partial charge < -0.3 is 21.1 Å². The Morgan fingerprint density at radius 3 is 2.35 bits per heavy atom. The van der Waals surface area contributed by atoms with E-state index in [2.05, 4.69) is 16.0 Å². The van der Waals surface area contributed by atoms with E-state index in [0.29, 0.717) is 28.1 Å². The summed E-state index contributed by atoms with van der Waals surface area (Å²) in [5.41, 5.74) is 2.07. The summed E-state index contributed by atoms with van der Waals surface area (Å²) in [4.78, 5) is 24.6. The van der Waals surface area contributed by atoms with E-state index in [9.17, 15) is 19.1 Å². The molecule has 31 heavy (non-hydrogen) atoms. The highest BCUT2D eigenvalue weighted by atomic mass is 19.1. The van der Waals surface area contributed by atoms with Gasteiger partial charge in [-0.15, -0.1) is 0 Å². The first-order chi connectivity index (χ1) is 14.9. The minimum Gasteiger partial charge on any atom is -0.387 e. The van der Waals surface area contributed by atoms with Crippen molar-refractivity contribution >= 4 is 23.3 Å². The first-order valence-corrected chi connectivity index (χ1v) is 9.34. The van der Waals surface area contributed by atoms with Crippen molar-refractivity contribution in [2.75, 3.05) is 17.2 Å². The van der Waals surface area contributed by atoms with E-state index >= 15 is 0 Å². The number of rotatable bonds is 6. The average Bonchev–Trinajstić information content (AvgIpc) is 2.78. The van der Waals surface area contributed by atoms with Crippen LogP contribution in [0.5, 0.6) is 0 Å². The van der Waals surface area contributed by atoms with Gasteiger partial charge in [-0.05, 0) is 54.1 Å². The highest BCUT2D eigenvalue weighted by molar-refractivity contribution is 6.05. The lowest BCUT2D eigenvalue weighted by molar-refractivity contribution is 0.102. The van der Waals surface area contributed by atoms with Gasteiger partial charge in [0.15, 0.2) is 0 Å². The second-order valence-electron chi connectivity index (χ2n) is 6.63. The number of halogens is 1. The third kappa shape index (κ3) is 6.13. The van der Waals surface area contributed by atoms with Gasteiger partial charge in [-0.2, -0.15) is 5.26 Å². The molecule has 1 atom stereocenters. The number of hydrogen-bond acceptors (Lipinski definition) is 4. The monoisotopic (exact) mass is 418 g/mol.